The van der Waals surface area contributed by atoms with Gasteiger partial charge in [-0.3, -0.25) is 14.5 Å². The van der Waals surface area contributed by atoms with Crippen LogP contribution in [-0.4, -0.2) is 28.7 Å². The van der Waals surface area contributed by atoms with E-state index in [0.717, 1.165) is 11.3 Å². The molecule has 1 fully saturated rings. The Kier molecular flexibility index (Phi) is 6.13. The monoisotopic (exact) mass is 474 g/mol. The molecule has 4 aromatic rings. The molecule has 0 aliphatic carbocycles. The Morgan fingerprint density at radius 2 is 1.25 bits per heavy atom. The zero-order chi connectivity index (χ0) is 25.1. The van der Waals surface area contributed by atoms with Crippen LogP contribution >= 0.6 is 0 Å². The number of likely N-dealkylation sites (tertiary alicyclic amines) is 1. The number of hydrogen-bond acceptors (Lipinski definition) is 4. The summed E-state index contributed by atoms with van der Waals surface area (Å²) in [6, 6.07) is 37.5. The van der Waals surface area contributed by atoms with Crippen molar-refractivity contribution >= 4 is 23.1 Å². The molecule has 0 spiro atoms. The molecule has 1 aliphatic heterocycles. The van der Waals surface area contributed by atoms with Gasteiger partial charge in [0.15, 0.2) is 5.66 Å². The maximum atomic E-state index is 13.8. The SMILES string of the molecule is CN(c1ccccc1)[C@@]1(c2ccccc2)C(=C(O)c2ccccc2)C(=O)C(=O)N1Cc1ccccc1. The van der Waals surface area contributed by atoms with Gasteiger partial charge in [0, 0.05) is 30.4 Å². The Balaban J connectivity index is 1.86. The highest BCUT2D eigenvalue weighted by Gasteiger charge is 2.60. The second-order valence-electron chi connectivity index (χ2n) is 8.73. The summed E-state index contributed by atoms with van der Waals surface area (Å²) in [6.07, 6.45) is 0. The van der Waals surface area contributed by atoms with Crippen LogP contribution in [-0.2, 0) is 21.8 Å². The number of para-hydroxylation sites is 1. The van der Waals surface area contributed by atoms with E-state index in [1.165, 1.54) is 0 Å². The Morgan fingerprint density at radius 3 is 1.83 bits per heavy atom. The van der Waals surface area contributed by atoms with Gasteiger partial charge in [0.1, 0.15) is 5.76 Å². The van der Waals surface area contributed by atoms with Gasteiger partial charge in [-0.05, 0) is 17.7 Å². The third-order valence-electron chi connectivity index (χ3n) is 6.68. The Morgan fingerprint density at radius 1 is 0.750 bits per heavy atom. The van der Waals surface area contributed by atoms with Crippen LogP contribution in [0, 0.1) is 0 Å². The maximum Gasteiger partial charge on any atom is 0.297 e. The van der Waals surface area contributed by atoms with Gasteiger partial charge in [-0.2, -0.15) is 0 Å². The molecule has 1 aliphatic rings. The van der Waals surface area contributed by atoms with Crippen LogP contribution in [0.2, 0.25) is 0 Å². The van der Waals surface area contributed by atoms with Crippen molar-refractivity contribution in [2.24, 2.45) is 0 Å². The number of nitrogens with zero attached hydrogens (tertiary/aromatic N) is 2. The van der Waals surface area contributed by atoms with E-state index in [1.807, 2.05) is 109 Å². The van der Waals surface area contributed by atoms with Gasteiger partial charge in [-0.15, -0.1) is 0 Å². The summed E-state index contributed by atoms with van der Waals surface area (Å²) in [5.74, 6) is -1.60. The van der Waals surface area contributed by atoms with Crippen LogP contribution in [0.5, 0.6) is 0 Å². The van der Waals surface area contributed by atoms with Crippen LogP contribution in [0.25, 0.3) is 5.76 Å². The van der Waals surface area contributed by atoms with Crippen LogP contribution in [0.4, 0.5) is 5.69 Å². The summed E-state index contributed by atoms with van der Waals surface area (Å²) < 4.78 is 0. The van der Waals surface area contributed by atoms with Crippen molar-refractivity contribution in [3.05, 3.63) is 144 Å². The number of hydrogen-bond donors (Lipinski definition) is 1. The molecule has 1 N–H and O–H groups in total. The normalized spacial score (nSPS) is 18.9. The van der Waals surface area contributed by atoms with Crippen molar-refractivity contribution < 1.29 is 14.7 Å². The summed E-state index contributed by atoms with van der Waals surface area (Å²) in [6.45, 7) is 0.184. The number of ketones is 1. The van der Waals surface area contributed by atoms with Crippen LogP contribution in [0.15, 0.2) is 127 Å². The topological polar surface area (TPSA) is 60.9 Å². The van der Waals surface area contributed by atoms with E-state index < -0.39 is 17.4 Å². The molecule has 5 rings (SSSR count). The molecule has 1 atom stereocenters. The highest BCUT2D eigenvalue weighted by molar-refractivity contribution is 6.47. The van der Waals surface area contributed by atoms with E-state index in [0.29, 0.717) is 11.1 Å². The Hall–Kier alpha value is -4.64. The molecule has 5 heteroatoms. The van der Waals surface area contributed by atoms with Crippen molar-refractivity contribution in [2.45, 2.75) is 12.2 Å². The fourth-order valence-corrected chi connectivity index (χ4v) is 4.99. The van der Waals surface area contributed by atoms with Crippen LogP contribution in [0.1, 0.15) is 16.7 Å². The third kappa shape index (κ3) is 3.75. The van der Waals surface area contributed by atoms with Crippen molar-refractivity contribution in [1.29, 1.82) is 0 Å². The lowest BCUT2D eigenvalue weighted by Gasteiger charge is -2.47. The molecule has 5 nitrogen and oxygen atoms in total. The van der Waals surface area contributed by atoms with Gasteiger partial charge in [0.2, 0.25) is 0 Å². The highest BCUT2D eigenvalue weighted by atomic mass is 16.3. The first-order chi connectivity index (χ1) is 17.5. The molecule has 178 valence electrons. The third-order valence-corrected chi connectivity index (χ3v) is 6.68. The Bertz CT molecular complexity index is 1400. The smallest absolute Gasteiger partial charge is 0.297 e. The minimum absolute atomic E-state index is 0.0344. The molecule has 36 heavy (non-hydrogen) atoms. The molecule has 4 aromatic carbocycles. The van der Waals surface area contributed by atoms with Crippen molar-refractivity contribution in [3.63, 3.8) is 0 Å². The number of aliphatic hydroxyl groups is 1. The number of rotatable bonds is 6. The average Bonchev–Trinajstić information content (AvgIpc) is 3.16. The second kappa shape index (κ2) is 9.55. The van der Waals surface area contributed by atoms with Crippen molar-refractivity contribution in [1.82, 2.24) is 4.90 Å². The predicted molar refractivity (Wildman–Crippen MR) is 141 cm³/mol. The lowest BCUT2D eigenvalue weighted by atomic mass is 9.86. The zero-order valence-electron chi connectivity index (χ0n) is 19.9. The highest BCUT2D eigenvalue weighted by Crippen LogP contribution is 2.49. The number of aliphatic hydroxyl groups excluding tert-OH is 1. The van der Waals surface area contributed by atoms with Crippen molar-refractivity contribution in [2.75, 3.05) is 11.9 Å². The van der Waals surface area contributed by atoms with Gasteiger partial charge in [0.25, 0.3) is 11.7 Å². The fourth-order valence-electron chi connectivity index (χ4n) is 4.99. The van der Waals surface area contributed by atoms with Gasteiger partial charge in [0.05, 0.1) is 5.57 Å². The molecular weight excluding hydrogens is 448 g/mol. The molecule has 1 amide bonds. The molecule has 0 radical (unpaired) electrons. The van der Waals surface area contributed by atoms with E-state index in [4.69, 9.17) is 0 Å². The molecule has 0 saturated carbocycles. The predicted octanol–water partition coefficient (Wildman–Crippen LogP) is 5.56. The number of Topliss-reactive ketones (excluding diaryl/α,β-unsaturated/α-hetero) is 1. The summed E-state index contributed by atoms with van der Waals surface area (Å²) in [5.41, 5.74) is 1.47. The maximum absolute atomic E-state index is 13.8. The molecule has 0 bridgehead atoms. The summed E-state index contributed by atoms with van der Waals surface area (Å²) in [7, 11) is 1.85. The summed E-state index contributed by atoms with van der Waals surface area (Å²) in [5, 5.41) is 11.6. The molecule has 0 aromatic heterocycles. The first kappa shape index (κ1) is 23.1. The van der Waals surface area contributed by atoms with Crippen LogP contribution < -0.4 is 4.90 Å². The quantitative estimate of drug-likeness (QED) is 0.226. The summed E-state index contributed by atoms with van der Waals surface area (Å²) in [4.78, 5) is 31.1. The van der Waals surface area contributed by atoms with E-state index in [2.05, 4.69) is 0 Å². The van der Waals surface area contributed by atoms with E-state index >= 15 is 0 Å². The molecule has 1 heterocycles. The largest absolute Gasteiger partial charge is 0.507 e. The molecular formula is C31H26N2O3. The van der Waals surface area contributed by atoms with Gasteiger partial charge in [-0.25, -0.2) is 0 Å². The lowest BCUT2D eigenvalue weighted by molar-refractivity contribution is -0.141. The number of likely N-dealkylation sites (N-methyl/N-ethyl adjacent to an activating group) is 1. The van der Waals surface area contributed by atoms with Gasteiger partial charge >= 0.3 is 0 Å². The van der Waals surface area contributed by atoms with E-state index in [9.17, 15) is 14.7 Å². The standard InChI is InChI=1S/C31H26N2O3/c1-32(26-20-12-5-13-21-26)31(25-18-10-4-11-19-25)27(28(34)24-16-8-3-9-17-24)29(35)30(36)33(31)22-23-14-6-2-7-15-23/h2-21,34H,22H2,1H3/t31-/m1/s1. The lowest BCUT2D eigenvalue weighted by Crippen LogP contribution is -2.55. The second-order valence-corrected chi connectivity index (χ2v) is 8.73. The first-order valence-corrected chi connectivity index (χ1v) is 11.8. The zero-order valence-corrected chi connectivity index (χ0v) is 19.9. The number of carbonyl (C=O) groups is 2. The molecule has 1 saturated heterocycles. The number of anilines is 1. The summed E-state index contributed by atoms with van der Waals surface area (Å²) >= 11 is 0. The minimum Gasteiger partial charge on any atom is -0.507 e. The van der Waals surface area contributed by atoms with Crippen molar-refractivity contribution in [3.8, 4) is 0 Å². The van der Waals surface area contributed by atoms with E-state index in [-0.39, 0.29) is 17.9 Å². The van der Waals surface area contributed by atoms with E-state index in [1.54, 1.807) is 29.2 Å². The number of amides is 1. The molecule has 0 unspecified atom stereocenters. The van der Waals surface area contributed by atoms with Gasteiger partial charge in [-0.1, -0.05) is 109 Å². The minimum atomic E-state index is -1.40. The Labute approximate surface area is 210 Å². The number of carbonyl (C=O) groups excluding carboxylic acids is 2. The van der Waals surface area contributed by atoms with Gasteiger partial charge < -0.3 is 10.0 Å². The fraction of sp³-hybridized carbons (Fsp3) is 0.0968. The average molecular weight is 475 g/mol. The van der Waals surface area contributed by atoms with Crippen LogP contribution in [0.3, 0.4) is 0 Å². The first-order valence-electron chi connectivity index (χ1n) is 11.8. The number of benzene rings is 4.